The number of hydrogen-bond acceptors (Lipinski definition) is 5. The normalized spacial score (nSPS) is 13.2. The first-order valence-electron chi connectivity index (χ1n) is 6.23. The summed E-state index contributed by atoms with van der Waals surface area (Å²) in [6.07, 6.45) is -0.143. The number of carbonyl (C=O) groups excluding carboxylic acids is 1. The van der Waals surface area contributed by atoms with Gasteiger partial charge in [0.1, 0.15) is 0 Å². The third-order valence-electron chi connectivity index (χ3n) is 3.09. The molecule has 1 rings (SSSR count). The standard InChI is InChI=1S/C12H19BrN2O4S/c1-5-15-10(12(13)9(3)14-15)7-20(17,18)8(2)6-11(16)19-4/h8H,5-7H2,1-4H3. The average Bonchev–Trinajstić information content (AvgIpc) is 2.65. The molecule has 0 amide bonds. The molecule has 0 aromatic carbocycles. The van der Waals surface area contributed by atoms with Crippen LogP contribution < -0.4 is 0 Å². The fourth-order valence-electron chi connectivity index (χ4n) is 1.78. The Kier molecular flexibility index (Phi) is 5.76. The zero-order valence-corrected chi connectivity index (χ0v) is 14.4. The van der Waals surface area contributed by atoms with Crippen molar-refractivity contribution in [3.8, 4) is 0 Å². The number of halogens is 1. The number of sulfone groups is 1. The minimum Gasteiger partial charge on any atom is -0.469 e. The average molecular weight is 367 g/mol. The van der Waals surface area contributed by atoms with E-state index in [2.05, 4.69) is 25.8 Å². The number of aryl methyl sites for hydroxylation is 2. The molecule has 0 aliphatic rings. The number of hydrogen-bond donors (Lipinski definition) is 0. The van der Waals surface area contributed by atoms with E-state index in [0.29, 0.717) is 16.7 Å². The Bertz CT molecular complexity index is 595. The Morgan fingerprint density at radius 3 is 2.60 bits per heavy atom. The zero-order valence-electron chi connectivity index (χ0n) is 12.0. The molecule has 1 aromatic rings. The molecule has 0 saturated carbocycles. The zero-order chi connectivity index (χ0) is 15.5. The van der Waals surface area contributed by atoms with Gasteiger partial charge in [0.2, 0.25) is 0 Å². The maximum absolute atomic E-state index is 12.3. The van der Waals surface area contributed by atoms with Gasteiger partial charge >= 0.3 is 5.97 Å². The van der Waals surface area contributed by atoms with Crippen LogP contribution in [-0.4, -0.2) is 36.5 Å². The van der Waals surface area contributed by atoms with E-state index in [1.165, 1.54) is 14.0 Å². The fraction of sp³-hybridized carbons (Fsp3) is 0.667. The summed E-state index contributed by atoms with van der Waals surface area (Å²) in [5.74, 6) is -0.680. The lowest BCUT2D eigenvalue weighted by atomic mass is 10.3. The largest absolute Gasteiger partial charge is 0.469 e. The van der Waals surface area contributed by atoms with Crippen LogP contribution in [0.1, 0.15) is 31.7 Å². The van der Waals surface area contributed by atoms with Crippen LogP contribution in [0.2, 0.25) is 0 Å². The highest BCUT2D eigenvalue weighted by Crippen LogP contribution is 2.24. The molecule has 114 valence electrons. The first kappa shape index (κ1) is 17.2. The van der Waals surface area contributed by atoms with E-state index in [9.17, 15) is 13.2 Å². The summed E-state index contributed by atoms with van der Waals surface area (Å²) in [5.41, 5.74) is 1.36. The molecule has 1 aromatic heterocycles. The summed E-state index contributed by atoms with van der Waals surface area (Å²) >= 11 is 3.37. The topological polar surface area (TPSA) is 78.3 Å². The summed E-state index contributed by atoms with van der Waals surface area (Å²) in [5, 5.41) is 3.47. The Morgan fingerprint density at radius 1 is 1.50 bits per heavy atom. The fourth-order valence-corrected chi connectivity index (χ4v) is 3.74. The van der Waals surface area contributed by atoms with Gasteiger partial charge in [0.15, 0.2) is 9.84 Å². The highest BCUT2D eigenvalue weighted by Gasteiger charge is 2.27. The van der Waals surface area contributed by atoms with E-state index < -0.39 is 21.1 Å². The summed E-state index contributed by atoms with van der Waals surface area (Å²) < 4.78 is 31.5. The highest BCUT2D eigenvalue weighted by atomic mass is 79.9. The molecule has 0 N–H and O–H groups in total. The van der Waals surface area contributed by atoms with Crippen molar-refractivity contribution in [1.29, 1.82) is 0 Å². The molecule has 1 atom stereocenters. The van der Waals surface area contributed by atoms with Gasteiger partial charge in [0.25, 0.3) is 0 Å². The minimum atomic E-state index is -3.45. The predicted octanol–water partition coefficient (Wildman–Crippen LogP) is 1.84. The maximum Gasteiger partial charge on any atom is 0.306 e. The Balaban J connectivity index is 2.99. The first-order chi connectivity index (χ1) is 9.22. The van der Waals surface area contributed by atoms with E-state index in [0.717, 1.165) is 5.69 Å². The minimum absolute atomic E-state index is 0.143. The second kappa shape index (κ2) is 6.71. The molecule has 20 heavy (non-hydrogen) atoms. The van der Waals surface area contributed by atoms with Crippen LogP contribution in [0.4, 0.5) is 0 Å². The lowest BCUT2D eigenvalue weighted by Crippen LogP contribution is -2.24. The first-order valence-corrected chi connectivity index (χ1v) is 8.73. The lowest BCUT2D eigenvalue weighted by Gasteiger charge is -2.12. The van der Waals surface area contributed by atoms with Crippen LogP contribution in [0.15, 0.2) is 4.47 Å². The van der Waals surface area contributed by atoms with Gasteiger partial charge in [-0.1, -0.05) is 0 Å². The maximum atomic E-state index is 12.3. The number of aromatic nitrogens is 2. The van der Waals surface area contributed by atoms with Crippen molar-refractivity contribution in [1.82, 2.24) is 9.78 Å². The monoisotopic (exact) mass is 366 g/mol. The van der Waals surface area contributed by atoms with Crippen LogP contribution in [0.25, 0.3) is 0 Å². The number of carbonyl (C=O) groups is 1. The van der Waals surface area contributed by atoms with Gasteiger partial charge in [0.05, 0.1) is 40.4 Å². The quantitative estimate of drug-likeness (QED) is 0.717. The SMILES string of the molecule is CCn1nc(C)c(Br)c1CS(=O)(=O)C(C)CC(=O)OC. The smallest absolute Gasteiger partial charge is 0.306 e. The molecule has 0 saturated heterocycles. The van der Waals surface area contributed by atoms with Gasteiger partial charge in [-0.15, -0.1) is 0 Å². The molecule has 0 radical (unpaired) electrons. The van der Waals surface area contributed by atoms with Gasteiger partial charge < -0.3 is 4.74 Å². The predicted molar refractivity (Wildman–Crippen MR) is 79.1 cm³/mol. The molecule has 1 unspecified atom stereocenters. The van der Waals surface area contributed by atoms with E-state index in [4.69, 9.17) is 0 Å². The second-order valence-corrected chi connectivity index (χ2v) is 7.77. The summed E-state index contributed by atoms with van der Waals surface area (Å²) in [6, 6.07) is 0. The van der Waals surface area contributed by atoms with Crippen LogP contribution in [0.3, 0.4) is 0 Å². The Morgan fingerprint density at radius 2 is 2.10 bits per heavy atom. The van der Waals surface area contributed by atoms with Crippen LogP contribution in [-0.2, 0) is 31.7 Å². The Hall–Kier alpha value is -0.890. The summed E-state index contributed by atoms with van der Waals surface area (Å²) in [6.45, 7) is 5.81. The van der Waals surface area contributed by atoms with Crippen molar-refractivity contribution in [2.45, 2.75) is 44.7 Å². The number of esters is 1. The third-order valence-corrected chi connectivity index (χ3v) is 6.19. The van der Waals surface area contributed by atoms with Crippen molar-refractivity contribution in [2.24, 2.45) is 0 Å². The summed E-state index contributed by atoms with van der Waals surface area (Å²) in [4.78, 5) is 11.2. The molecule has 0 aliphatic heterocycles. The third kappa shape index (κ3) is 3.82. The van der Waals surface area contributed by atoms with Gasteiger partial charge in [-0.25, -0.2) is 8.42 Å². The molecule has 0 bridgehead atoms. The molecule has 0 spiro atoms. The molecule has 8 heteroatoms. The van der Waals surface area contributed by atoms with Gasteiger partial charge in [0, 0.05) is 6.54 Å². The molecular formula is C12H19BrN2O4S. The van der Waals surface area contributed by atoms with E-state index >= 15 is 0 Å². The van der Waals surface area contributed by atoms with Crippen molar-refractivity contribution in [2.75, 3.05) is 7.11 Å². The lowest BCUT2D eigenvalue weighted by molar-refractivity contribution is -0.140. The van der Waals surface area contributed by atoms with E-state index in [-0.39, 0.29) is 12.2 Å². The van der Waals surface area contributed by atoms with Crippen molar-refractivity contribution < 1.29 is 17.9 Å². The highest BCUT2D eigenvalue weighted by molar-refractivity contribution is 9.10. The van der Waals surface area contributed by atoms with Gasteiger partial charge in [-0.2, -0.15) is 5.10 Å². The van der Waals surface area contributed by atoms with Crippen molar-refractivity contribution >= 4 is 31.7 Å². The van der Waals surface area contributed by atoms with Gasteiger partial charge in [-0.3, -0.25) is 9.48 Å². The van der Waals surface area contributed by atoms with Crippen molar-refractivity contribution in [3.05, 3.63) is 15.9 Å². The van der Waals surface area contributed by atoms with Crippen LogP contribution in [0, 0.1) is 6.92 Å². The number of rotatable bonds is 6. The van der Waals surface area contributed by atoms with E-state index in [1.54, 1.807) is 4.68 Å². The summed E-state index contributed by atoms with van der Waals surface area (Å²) in [7, 11) is -2.21. The molecule has 0 aliphatic carbocycles. The molecule has 1 heterocycles. The Labute approximate surface area is 127 Å². The molecule has 0 fully saturated rings. The van der Waals surface area contributed by atoms with Crippen LogP contribution >= 0.6 is 15.9 Å². The van der Waals surface area contributed by atoms with Gasteiger partial charge in [-0.05, 0) is 36.7 Å². The van der Waals surface area contributed by atoms with E-state index in [1.807, 2.05) is 13.8 Å². The molecule has 6 nitrogen and oxygen atoms in total. The number of methoxy groups -OCH3 is 1. The second-order valence-electron chi connectivity index (χ2n) is 4.56. The van der Waals surface area contributed by atoms with Crippen LogP contribution in [0.5, 0.6) is 0 Å². The molecular weight excluding hydrogens is 348 g/mol. The van der Waals surface area contributed by atoms with Crippen molar-refractivity contribution in [3.63, 3.8) is 0 Å². The number of nitrogens with zero attached hydrogens (tertiary/aromatic N) is 2. The number of ether oxygens (including phenoxy) is 1.